The van der Waals surface area contributed by atoms with Gasteiger partial charge in [0, 0.05) is 22.9 Å². The fourth-order valence-corrected chi connectivity index (χ4v) is 2.35. The molecule has 0 aliphatic rings. The molecular weight excluding hydrogens is 236 g/mol. The molecule has 2 unspecified atom stereocenters. The van der Waals surface area contributed by atoms with E-state index < -0.39 is 6.10 Å². The molecule has 0 spiro atoms. The molecule has 1 amide bonds. The number of hydrogen-bond donors (Lipinski definition) is 3. The highest BCUT2D eigenvalue weighted by Gasteiger charge is 2.16. The zero-order valence-corrected chi connectivity index (χ0v) is 11.0. The Labute approximate surface area is 106 Å². The molecule has 4 nitrogen and oxygen atoms in total. The molecule has 94 valence electrons. The normalized spacial score (nSPS) is 14.1. The molecule has 2 atom stereocenters. The third kappa shape index (κ3) is 3.64. The lowest BCUT2D eigenvalue weighted by molar-refractivity contribution is 0.0960. The highest BCUT2D eigenvalue weighted by Crippen LogP contribution is 2.30. The van der Waals surface area contributed by atoms with Crippen LogP contribution in [0.2, 0.25) is 0 Å². The number of nitrogens with two attached hydrogens (primary N) is 1. The van der Waals surface area contributed by atoms with Crippen LogP contribution >= 0.6 is 11.8 Å². The van der Waals surface area contributed by atoms with Crippen molar-refractivity contribution in [2.45, 2.75) is 30.1 Å². The van der Waals surface area contributed by atoms with E-state index in [2.05, 4.69) is 5.32 Å². The van der Waals surface area contributed by atoms with Gasteiger partial charge in [-0.25, -0.2) is 0 Å². The zero-order chi connectivity index (χ0) is 13.0. The van der Waals surface area contributed by atoms with Crippen molar-refractivity contribution >= 4 is 23.4 Å². The molecule has 17 heavy (non-hydrogen) atoms. The van der Waals surface area contributed by atoms with Crippen LogP contribution in [0, 0.1) is 0 Å². The topological polar surface area (TPSA) is 75.4 Å². The number of nitrogens with one attached hydrogen (secondary N) is 1. The Morgan fingerprint density at radius 2 is 2.12 bits per heavy atom. The molecular formula is C12H18N2O2S. The number of rotatable bonds is 4. The molecule has 0 bridgehead atoms. The van der Waals surface area contributed by atoms with E-state index in [1.807, 2.05) is 6.92 Å². The fraction of sp³-hybridized carbons (Fsp3) is 0.417. The number of carbonyl (C=O) groups excluding carboxylic acids is 1. The number of hydrogen-bond acceptors (Lipinski definition) is 4. The third-order valence-corrected chi connectivity index (χ3v) is 3.83. The van der Waals surface area contributed by atoms with Crippen LogP contribution in [0.15, 0.2) is 23.1 Å². The van der Waals surface area contributed by atoms with Crippen LogP contribution in [0.25, 0.3) is 0 Å². The second-order valence-electron chi connectivity index (χ2n) is 3.90. The summed E-state index contributed by atoms with van der Waals surface area (Å²) in [5.74, 6) is -0.148. The summed E-state index contributed by atoms with van der Waals surface area (Å²) in [4.78, 5) is 12.5. The number of benzene rings is 1. The summed E-state index contributed by atoms with van der Waals surface area (Å²) in [6.07, 6.45) is -0.445. The number of anilines is 1. The molecule has 1 rings (SSSR count). The molecule has 0 aromatic heterocycles. The molecule has 0 radical (unpaired) electrons. The summed E-state index contributed by atoms with van der Waals surface area (Å²) >= 11 is 1.45. The van der Waals surface area contributed by atoms with Gasteiger partial charge in [-0.1, -0.05) is 6.92 Å². The van der Waals surface area contributed by atoms with Crippen LogP contribution in [-0.4, -0.2) is 29.4 Å². The number of thioether (sulfide) groups is 1. The monoisotopic (exact) mass is 254 g/mol. The first-order chi connectivity index (χ1) is 7.95. The summed E-state index contributed by atoms with van der Waals surface area (Å²) in [6.45, 7) is 3.63. The second kappa shape index (κ2) is 5.93. The lowest BCUT2D eigenvalue weighted by atomic mass is 10.2. The van der Waals surface area contributed by atoms with Gasteiger partial charge in [0.05, 0.1) is 11.7 Å². The predicted octanol–water partition coefficient (Wildman–Crippen LogP) is 1.49. The van der Waals surface area contributed by atoms with Crippen LogP contribution < -0.4 is 11.1 Å². The van der Waals surface area contributed by atoms with E-state index in [1.54, 1.807) is 32.2 Å². The minimum atomic E-state index is -0.445. The fourth-order valence-electron chi connectivity index (χ4n) is 1.26. The van der Waals surface area contributed by atoms with Gasteiger partial charge in [-0.05, 0) is 25.1 Å². The Balaban J connectivity index is 3.03. The summed E-state index contributed by atoms with van der Waals surface area (Å²) in [7, 11) is 1.59. The van der Waals surface area contributed by atoms with Gasteiger partial charge in [0.25, 0.3) is 5.91 Å². The molecule has 0 aliphatic carbocycles. The highest BCUT2D eigenvalue weighted by molar-refractivity contribution is 8.00. The van der Waals surface area contributed by atoms with Crippen molar-refractivity contribution in [3.8, 4) is 0 Å². The minimum Gasteiger partial charge on any atom is -0.399 e. The summed E-state index contributed by atoms with van der Waals surface area (Å²) in [5, 5.41) is 12.1. The molecule has 1 aromatic carbocycles. The molecule has 5 heteroatoms. The Kier molecular flexibility index (Phi) is 4.84. The number of amides is 1. The first-order valence-corrected chi connectivity index (χ1v) is 6.30. The second-order valence-corrected chi connectivity index (χ2v) is 5.32. The number of aliphatic hydroxyl groups excluding tert-OH is 1. The Morgan fingerprint density at radius 3 is 2.65 bits per heavy atom. The molecule has 0 aliphatic heterocycles. The molecule has 0 saturated heterocycles. The van der Waals surface area contributed by atoms with E-state index in [9.17, 15) is 9.90 Å². The Bertz CT molecular complexity index is 407. The molecule has 0 saturated carbocycles. The van der Waals surface area contributed by atoms with E-state index in [0.29, 0.717) is 11.3 Å². The number of nitrogen functional groups attached to an aromatic ring is 1. The van der Waals surface area contributed by atoms with E-state index in [4.69, 9.17) is 5.73 Å². The van der Waals surface area contributed by atoms with Crippen molar-refractivity contribution in [2.24, 2.45) is 0 Å². The summed E-state index contributed by atoms with van der Waals surface area (Å²) in [6, 6.07) is 5.15. The third-order valence-electron chi connectivity index (χ3n) is 2.47. The van der Waals surface area contributed by atoms with E-state index in [0.717, 1.165) is 4.90 Å². The quantitative estimate of drug-likeness (QED) is 0.562. The first kappa shape index (κ1) is 13.9. The van der Waals surface area contributed by atoms with E-state index in [-0.39, 0.29) is 11.2 Å². The van der Waals surface area contributed by atoms with Crippen molar-refractivity contribution in [1.82, 2.24) is 5.32 Å². The van der Waals surface area contributed by atoms with Gasteiger partial charge in [-0.15, -0.1) is 11.8 Å². The van der Waals surface area contributed by atoms with Crippen molar-refractivity contribution in [2.75, 3.05) is 12.8 Å². The first-order valence-electron chi connectivity index (χ1n) is 5.42. The van der Waals surface area contributed by atoms with Crippen molar-refractivity contribution in [1.29, 1.82) is 0 Å². The van der Waals surface area contributed by atoms with Gasteiger partial charge in [-0.2, -0.15) is 0 Å². The smallest absolute Gasteiger partial charge is 0.252 e. The highest BCUT2D eigenvalue weighted by atomic mass is 32.2. The molecule has 0 heterocycles. The van der Waals surface area contributed by atoms with Crippen molar-refractivity contribution in [3.05, 3.63) is 23.8 Å². The van der Waals surface area contributed by atoms with Crippen LogP contribution in [0.3, 0.4) is 0 Å². The lowest BCUT2D eigenvalue weighted by Crippen LogP contribution is -2.20. The summed E-state index contributed by atoms with van der Waals surface area (Å²) < 4.78 is 0. The average molecular weight is 254 g/mol. The van der Waals surface area contributed by atoms with Crippen LogP contribution in [-0.2, 0) is 0 Å². The maximum atomic E-state index is 11.7. The SMILES string of the molecule is CNC(=O)c1ccc(N)cc1SC(C)C(C)O. The maximum Gasteiger partial charge on any atom is 0.252 e. The Hall–Kier alpha value is -1.20. The largest absolute Gasteiger partial charge is 0.399 e. The predicted molar refractivity (Wildman–Crippen MR) is 71.2 cm³/mol. The minimum absolute atomic E-state index is 0.000191. The van der Waals surface area contributed by atoms with Crippen LogP contribution in [0.1, 0.15) is 24.2 Å². The number of aliphatic hydroxyl groups is 1. The van der Waals surface area contributed by atoms with E-state index in [1.165, 1.54) is 11.8 Å². The van der Waals surface area contributed by atoms with Gasteiger partial charge in [0.1, 0.15) is 0 Å². The van der Waals surface area contributed by atoms with Gasteiger partial charge in [0.15, 0.2) is 0 Å². The van der Waals surface area contributed by atoms with Crippen LogP contribution in [0.5, 0.6) is 0 Å². The van der Waals surface area contributed by atoms with E-state index >= 15 is 0 Å². The zero-order valence-electron chi connectivity index (χ0n) is 10.2. The van der Waals surface area contributed by atoms with Gasteiger partial charge < -0.3 is 16.2 Å². The van der Waals surface area contributed by atoms with Gasteiger partial charge >= 0.3 is 0 Å². The lowest BCUT2D eigenvalue weighted by Gasteiger charge is -2.16. The summed E-state index contributed by atoms with van der Waals surface area (Å²) in [5.41, 5.74) is 6.91. The molecule has 0 fully saturated rings. The maximum absolute atomic E-state index is 11.7. The van der Waals surface area contributed by atoms with Crippen molar-refractivity contribution in [3.63, 3.8) is 0 Å². The average Bonchev–Trinajstić information content (AvgIpc) is 2.28. The van der Waals surface area contributed by atoms with Gasteiger partial charge in [-0.3, -0.25) is 4.79 Å². The van der Waals surface area contributed by atoms with Crippen LogP contribution in [0.4, 0.5) is 5.69 Å². The van der Waals surface area contributed by atoms with Crippen molar-refractivity contribution < 1.29 is 9.90 Å². The molecule has 4 N–H and O–H groups in total. The standard InChI is InChI=1S/C12H18N2O2S/c1-7(15)8(2)17-11-6-9(13)4-5-10(11)12(16)14-3/h4-8,15H,13H2,1-3H3,(H,14,16). The molecule has 1 aromatic rings. The van der Waals surface area contributed by atoms with Gasteiger partial charge in [0.2, 0.25) is 0 Å². The number of carbonyl (C=O) groups is 1. The Morgan fingerprint density at radius 1 is 1.47 bits per heavy atom.